The van der Waals surface area contributed by atoms with Gasteiger partial charge in [-0.2, -0.15) is 0 Å². The Morgan fingerprint density at radius 1 is 1.33 bits per heavy atom. The maximum atomic E-state index is 12.6. The third kappa shape index (κ3) is 4.97. The van der Waals surface area contributed by atoms with Crippen molar-refractivity contribution in [1.29, 1.82) is 0 Å². The lowest BCUT2D eigenvalue weighted by molar-refractivity contribution is -0.138. The zero-order valence-corrected chi connectivity index (χ0v) is 15.4. The van der Waals surface area contributed by atoms with E-state index in [1.807, 2.05) is 14.1 Å². The van der Waals surface area contributed by atoms with Gasteiger partial charge in [-0.25, -0.2) is 0 Å². The van der Waals surface area contributed by atoms with Gasteiger partial charge in [0.1, 0.15) is 0 Å². The predicted molar refractivity (Wildman–Crippen MR) is 97.1 cm³/mol. The largest absolute Gasteiger partial charge is 0.377 e. The molecule has 0 unspecified atom stereocenters. The first-order valence-corrected chi connectivity index (χ1v) is 8.99. The molecule has 0 atom stereocenters. The van der Waals surface area contributed by atoms with E-state index in [1.165, 1.54) is 5.57 Å². The van der Waals surface area contributed by atoms with Crippen molar-refractivity contribution in [2.45, 2.75) is 38.5 Å². The molecule has 1 amide bonds. The topological polar surface area (TPSA) is 66.0 Å². The molecule has 6 nitrogen and oxygen atoms in total. The number of nitrogens with zero attached hydrogens (tertiary/aromatic N) is 2. The van der Waals surface area contributed by atoms with Crippen LogP contribution in [0, 0.1) is 5.41 Å². The van der Waals surface area contributed by atoms with Crippen molar-refractivity contribution in [3.8, 4) is 0 Å². The third-order valence-electron chi connectivity index (χ3n) is 5.03. The Balaban J connectivity index is 1.81. The van der Waals surface area contributed by atoms with E-state index in [0.717, 1.165) is 64.2 Å². The minimum Gasteiger partial charge on any atom is -0.377 e. The summed E-state index contributed by atoms with van der Waals surface area (Å²) in [6.07, 6.45) is 8.37. The smallest absolute Gasteiger partial charge is 0.230 e. The average molecular weight is 336 g/mol. The van der Waals surface area contributed by atoms with Crippen molar-refractivity contribution < 1.29 is 9.53 Å². The van der Waals surface area contributed by atoms with Gasteiger partial charge < -0.3 is 20.3 Å². The maximum absolute atomic E-state index is 12.6. The summed E-state index contributed by atoms with van der Waals surface area (Å²) in [7, 11) is 5.46. The van der Waals surface area contributed by atoms with E-state index in [0.29, 0.717) is 6.54 Å². The van der Waals surface area contributed by atoms with Crippen molar-refractivity contribution in [2.24, 2.45) is 10.4 Å². The molecule has 0 bridgehead atoms. The molecule has 1 aliphatic heterocycles. The molecule has 2 N–H and O–H groups in total. The van der Waals surface area contributed by atoms with Gasteiger partial charge in [0.25, 0.3) is 0 Å². The van der Waals surface area contributed by atoms with Crippen molar-refractivity contribution in [3.05, 3.63) is 11.6 Å². The fourth-order valence-electron chi connectivity index (χ4n) is 3.60. The van der Waals surface area contributed by atoms with Crippen LogP contribution in [-0.2, 0) is 9.53 Å². The normalized spacial score (nSPS) is 20.5. The van der Waals surface area contributed by atoms with E-state index >= 15 is 0 Å². The molecule has 0 saturated heterocycles. The molecule has 2 aliphatic rings. The third-order valence-corrected chi connectivity index (χ3v) is 5.03. The SMILES string of the molecule is CN=C(NCCC1=CCOCC1)NCC1(C(=O)N(C)C)CCCC1. The molecule has 1 heterocycles. The van der Waals surface area contributed by atoms with Crippen LogP contribution in [0.25, 0.3) is 0 Å². The van der Waals surface area contributed by atoms with E-state index in [1.54, 1.807) is 11.9 Å². The van der Waals surface area contributed by atoms with Crippen molar-refractivity contribution >= 4 is 11.9 Å². The van der Waals surface area contributed by atoms with Crippen LogP contribution in [0.3, 0.4) is 0 Å². The number of hydrogen-bond acceptors (Lipinski definition) is 3. The molecule has 0 spiro atoms. The van der Waals surface area contributed by atoms with Gasteiger partial charge in [0.05, 0.1) is 18.6 Å². The highest BCUT2D eigenvalue weighted by Crippen LogP contribution is 2.38. The number of amides is 1. The highest BCUT2D eigenvalue weighted by atomic mass is 16.5. The Kier molecular flexibility index (Phi) is 7.09. The van der Waals surface area contributed by atoms with Crippen LogP contribution in [0.15, 0.2) is 16.6 Å². The van der Waals surface area contributed by atoms with Crippen LogP contribution in [0.2, 0.25) is 0 Å². The first kappa shape index (κ1) is 18.8. The van der Waals surface area contributed by atoms with Crippen LogP contribution >= 0.6 is 0 Å². The van der Waals surface area contributed by atoms with Crippen molar-refractivity contribution in [1.82, 2.24) is 15.5 Å². The Bertz CT molecular complexity index is 479. The Hall–Kier alpha value is -1.56. The van der Waals surface area contributed by atoms with Crippen LogP contribution in [-0.4, -0.2) is 64.2 Å². The average Bonchev–Trinajstić information content (AvgIpc) is 3.08. The van der Waals surface area contributed by atoms with E-state index in [2.05, 4.69) is 21.7 Å². The van der Waals surface area contributed by atoms with Crippen LogP contribution in [0.5, 0.6) is 0 Å². The lowest BCUT2D eigenvalue weighted by Gasteiger charge is -2.31. The zero-order chi connectivity index (χ0) is 17.4. The first-order valence-electron chi connectivity index (χ1n) is 8.99. The maximum Gasteiger partial charge on any atom is 0.230 e. The number of nitrogens with one attached hydrogen (secondary N) is 2. The van der Waals surface area contributed by atoms with Gasteiger partial charge in [-0.3, -0.25) is 9.79 Å². The Labute approximate surface area is 145 Å². The standard InChI is InChI=1S/C18H32N4O2/c1-19-17(20-11-6-15-7-12-24-13-8-15)21-14-18(9-4-5-10-18)16(23)22(2)3/h7H,4-6,8-14H2,1-3H3,(H2,19,20,21). The van der Waals surface area contributed by atoms with E-state index < -0.39 is 0 Å². The molecule has 2 rings (SSSR count). The zero-order valence-electron chi connectivity index (χ0n) is 15.4. The fourth-order valence-corrected chi connectivity index (χ4v) is 3.60. The van der Waals surface area contributed by atoms with E-state index in [9.17, 15) is 4.79 Å². The van der Waals surface area contributed by atoms with Gasteiger partial charge >= 0.3 is 0 Å². The molecular formula is C18H32N4O2. The summed E-state index contributed by atoms with van der Waals surface area (Å²) in [6.45, 7) is 3.06. The molecule has 6 heteroatoms. The van der Waals surface area contributed by atoms with Crippen molar-refractivity contribution in [2.75, 3.05) is 47.4 Å². The Morgan fingerprint density at radius 2 is 2.08 bits per heavy atom. The summed E-state index contributed by atoms with van der Waals surface area (Å²) in [5.74, 6) is 1.01. The second kappa shape index (κ2) is 9.06. The lowest BCUT2D eigenvalue weighted by atomic mass is 9.84. The van der Waals surface area contributed by atoms with Gasteiger partial charge in [-0.05, 0) is 25.7 Å². The molecule has 0 radical (unpaired) electrons. The van der Waals surface area contributed by atoms with Crippen molar-refractivity contribution in [3.63, 3.8) is 0 Å². The fraction of sp³-hybridized carbons (Fsp3) is 0.778. The lowest BCUT2D eigenvalue weighted by Crippen LogP contribution is -2.49. The number of ether oxygens (including phenoxy) is 1. The predicted octanol–water partition coefficient (Wildman–Crippen LogP) is 1.54. The summed E-state index contributed by atoms with van der Waals surface area (Å²) in [6, 6.07) is 0. The summed E-state index contributed by atoms with van der Waals surface area (Å²) in [4.78, 5) is 18.6. The minimum atomic E-state index is -0.273. The van der Waals surface area contributed by atoms with Gasteiger partial charge in [0.15, 0.2) is 5.96 Å². The van der Waals surface area contributed by atoms with Gasteiger partial charge in [0.2, 0.25) is 5.91 Å². The summed E-state index contributed by atoms with van der Waals surface area (Å²) >= 11 is 0. The van der Waals surface area contributed by atoms with Crippen LogP contribution in [0.1, 0.15) is 38.5 Å². The number of aliphatic imine (C=N–C) groups is 1. The van der Waals surface area contributed by atoms with Crippen LogP contribution in [0.4, 0.5) is 0 Å². The minimum absolute atomic E-state index is 0.232. The molecule has 1 fully saturated rings. The summed E-state index contributed by atoms with van der Waals surface area (Å²) < 4.78 is 5.33. The highest BCUT2D eigenvalue weighted by molar-refractivity contribution is 5.85. The quantitative estimate of drug-likeness (QED) is 0.439. The summed E-state index contributed by atoms with van der Waals surface area (Å²) in [5.41, 5.74) is 1.17. The van der Waals surface area contributed by atoms with Crippen LogP contribution < -0.4 is 10.6 Å². The highest BCUT2D eigenvalue weighted by Gasteiger charge is 2.42. The number of hydrogen-bond donors (Lipinski definition) is 2. The number of carbonyl (C=O) groups excluding carboxylic acids is 1. The second-order valence-corrected chi connectivity index (χ2v) is 6.98. The number of rotatable bonds is 6. The van der Waals surface area contributed by atoms with E-state index in [-0.39, 0.29) is 11.3 Å². The van der Waals surface area contributed by atoms with E-state index in [4.69, 9.17) is 4.74 Å². The molecule has 0 aromatic carbocycles. The monoisotopic (exact) mass is 336 g/mol. The number of carbonyl (C=O) groups is 1. The molecule has 0 aromatic heterocycles. The second-order valence-electron chi connectivity index (χ2n) is 6.98. The molecule has 24 heavy (non-hydrogen) atoms. The summed E-state index contributed by atoms with van der Waals surface area (Å²) in [5, 5.41) is 6.73. The molecule has 136 valence electrons. The molecule has 1 aliphatic carbocycles. The molecule has 0 aromatic rings. The first-order chi connectivity index (χ1) is 11.6. The van der Waals surface area contributed by atoms with Gasteiger partial charge in [-0.1, -0.05) is 24.5 Å². The Morgan fingerprint density at radius 3 is 2.67 bits per heavy atom. The van der Waals surface area contributed by atoms with Gasteiger partial charge in [0, 0.05) is 34.2 Å². The molecule has 1 saturated carbocycles. The molecular weight excluding hydrogens is 304 g/mol. The number of guanidine groups is 1. The van der Waals surface area contributed by atoms with Gasteiger partial charge in [-0.15, -0.1) is 0 Å².